The van der Waals surface area contributed by atoms with Gasteiger partial charge in [-0.15, -0.1) is 0 Å². The standard InChI is InChI=1S/C18H16F2N2O6/c1-10(16(23)11-3-6-13(7-4-11)28-18(19)20)27-17(24)14-9-12(22(25)26)5-8-15(14)21-2/h3-10,18,21H,1-2H3/t10-/m0/s1. The van der Waals surface area contributed by atoms with Crippen LogP contribution in [-0.4, -0.2) is 36.4 Å². The number of nitrogens with zero attached hydrogens (tertiary/aromatic N) is 1. The second-order valence-corrected chi connectivity index (χ2v) is 5.55. The Kier molecular flexibility index (Phi) is 6.59. The number of carbonyl (C=O) groups excluding carboxylic acids is 2. The predicted octanol–water partition coefficient (Wildman–Crippen LogP) is 3.67. The van der Waals surface area contributed by atoms with Gasteiger partial charge >= 0.3 is 12.6 Å². The number of halogens is 2. The molecule has 0 bridgehead atoms. The third-order valence-corrected chi connectivity index (χ3v) is 3.72. The second-order valence-electron chi connectivity index (χ2n) is 5.55. The van der Waals surface area contributed by atoms with Crippen LogP contribution in [0.2, 0.25) is 0 Å². The first-order valence-electron chi connectivity index (χ1n) is 7.99. The van der Waals surface area contributed by atoms with Gasteiger partial charge < -0.3 is 14.8 Å². The number of ketones is 1. The molecule has 8 nitrogen and oxygen atoms in total. The molecule has 1 N–H and O–H groups in total. The molecule has 0 aliphatic rings. The summed E-state index contributed by atoms with van der Waals surface area (Å²) in [6, 6.07) is 8.51. The highest BCUT2D eigenvalue weighted by Crippen LogP contribution is 2.24. The van der Waals surface area contributed by atoms with Gasteiger partial charge in [-0.25, -0.2) is 4.79 Å². The van der Waals surface area contributed by atoms with E-state index < -0.39 is 29.4 Å². The lowest BCUT2D eigenvalue weighted by Gasteiger charge is -2.14. The number of benzene rings is 2. The van der Waals surface area contributed by atoms with Crippen molar-refractivity contribution in [2.75, 3.05) is 12.4 Å². The molecule has 148 valence electrons. The molecule has 0 radical (unpaired) electrons. The predicted molar refractivity (Wildman–Crippen MR) is 94.9 cm³/mol. The fourth-order valence-electron chi connectivity index (χ4n) is 2.35. The number of alkyl halides is 2. The molecule has 2 aromatic rings. The zero-order valence-electron chi connectivity index (χ0n) is 14.8. The molecule has 0 fully saturated rings. The van der Waals surface area contributed by atoms with Gasteiger partial charge in [0.2, 0.25) is 5.78 Å². The molecule has 2 aromatic carbocycles. The highest BCUT2D eigenvalue weighted by Gasteiger charge is 2.24. The van der Waals surface area contributed by atoms with Crippen LogP contribution in [0.4, 0.5) is 20.2 Å². The average molecular weight is 394 g/mol. The molecule has 10 heteroatoms. The Labute approximate surface area is 158 Å². The largest absolute Gasteiger partial charge is 0.451 e. The van der Waals surface area contributed by atoms with E-state index in [9.17, 15) is 28.5 Å². The molecule has 0 amide bonds. The first-order valence-corrected chi connectivity index (χ1v) is 7.99. The highest BCUT2D eigenvalue weighted by atomic mass is 19.3. The lowest BCUT2D eigenvalue weighted by molar-refractivity contribution is -0.384. The monoisotopic (exact) mass is 394 g/mol. The van der Waals surface area contributed by atoms with Crippen LogP contribution in [-0.2, 0) is 4.74 Å². The number of anilines is 1. The van der Waals surface area contributed by atoms with Gasteiger partial charge in [-0.1, -0.05) is 0 Å². The lowest BCUT2D eigenvalue weighted by Crippen LogP contribution is -2.25. The smallest absolute Gasteiger partial charge is 0.387 e. The van der Waals surface area contributed by atoms with Gasteiger partial charge in [-0.2, -0.15) is 8.78 Å². The van der Waals surface area contributed by atoms with Crippen molar-refractivity contribution < 1.29 is 32.8 Å². The Morgan fingerprint density at radius 3 is 2.32 bits per heavy atom. The molecule has 0 unspecified atom stereocenters. The molecular weight excluding hydrogens is 378 g/mol. The number of carbonyl (C=O) groups is 2. The summed E-state index contributed by atoms with van der Waals surface area (Å²) in [6.07, 6.45) is -1.21. The van der Waals surface area contributed by atoms with E-state index in [1.54, 1.807) is 0 Å². The highest BCUT2D eigenvalue weighted by molar-refractivity contribution is 6.02. The van der Waals surface area contributed by atoms with Crippen LogP contribution in [0.25, 0.3) is 0 Å². The molecule has 0 saturated carbocycles. The van der Waals surface area contributed by atoms with Crippen molar-refractivity contribution in [2.24, 2.45) is 0 Å². The molecule has 0 saturated heterocycles. The average Bonchev–Trinajstić information content (AvgIpc) is 2.66. The minimum Gasteiger partial charge on any atom is -0.451 e. The van der Waals surface area contributed by atoms with Crippen molar-refractivity contribution >= 4 is 23.1 Å². The minimum absolute atomic E-state index is 0.1000. The van der Waals surface area contributed by atoms with Crippen molar-refractivity contribution in [1.29, 1.82) is 0 Å². The van der Waals surface area contributed by atoms with Gasteiger partial charge in [0.05, 0.1) is 10.5 Å². The van der Waals surface area contributed by atoms with Crippen LogP contribution in [0.3, 0.4) is 0 Å². The number of nitro groups is 1. The number of nitrogens with one attached hydrogen (secondary N) is 1. The number of non-ortho nitro benzene ring substituents is 1. The van der Waals surface area contributed by atoms with Crippen molar-refractivity contribution in [2.45, 2.75) is 19.6 Å². The van der Waals surface area contributed by atoms with Crippen molar-refractivity contribution in [1.82, 2.24) is 0 Å². The van der Waals surface area contributed by atoms with Crippen molar-refractivity contribution in [3.63, 3.8) is 0 Å². The third-order valence-electron chi connectivity index (χ3n) is 3.72. The van der Waals surface area contributed by atoms with Crippen LogP contribution in [0.5, 0.6) is 5.75 Å². The Balaban J connectivity index is 2.14. The van der Waals surface area contributed by atoms with Crippen molar-refractivity contribution in [3.8, 4) is 5.75 Å². The molecule has 0 heterocycles. The Hall–Kier alpha value is -3.56. The van der Waals surface area contributed by atoms with E-state index in [0.717, 1.165) is 6.07 Å². The first kappa shape index (κ1) is 20.7. The molecule has 0 aromatic heterocycles. The molecule has 1 atom stereocenters. The summed E-state index contributed by atoms with van der Waals surface area (Å²) < 4.78 is 33.6. The Morgan fingerprint density at radius 2 is 1.79 bits per heavy atom. The third kappa shape index (κ3) is 5.00. The van der Waals surface area contributed by atoms with Gasteiger partial charge in [-0.05, 0) is 37.3 Å². The number of ether oxygens (including phenoxy) is 2. The van der Waals surface area contributed by atoms with Gasteiger partial charge in [0.25, 0.3) is 5.69 Å². The molecule has 0 spiro atoms. The number of hydrogen-bond donors (Lipinski definition) is 1. The van der Waals surface area contributed by atoms with E-state index in [1.165, 1.54) is 50.4 Å². The normalized spacial score (nSPS) is 11.6. The minimum atomic E-state index is -2.99. The first-order chi connectivity index (χ1) is 13.2. The van der Waals surface area contributed by atoms with E-state index in [2.05, 4.69) is 10.1 Å². The zero-order valence-corrected chi connectivity index (χ0v) is 14.8. The number of hydrogen-bond acceptors (Lipinski definition) is 7. The number of nitro benzene ring substituents is 1. The van der Waals surface area contributed by atoms with E-state index in [-0.39, 0.29) is 22.6 Å². The maximum atomic E-state index is 12.4. The van der Waals surface area contributed by atoms with Crippen LogP contribution >= 0.6 is 0 Å². The van der Waals surface area contributed by atoms with E-state index in [0.29, 0.717) is 5.69 Å². The van der Waals surface area contributed by atoms with E-state index >= 15 is 0 Å². The van der Waals surface area contributed by atoms with E-state index in [1.807, 2.05) is 0 Å². The fourth-order valence-corrected chi connectivity index (χ4v) is 2.35. The topological polar surface area (TPSA) is 108 Å². The lowest BCUT2D eigenvalue weighted by atomic mass is 10.1. The van der Waals surface area contributed by atoms with Crippen LogP contribution in [0, 0.1) is 10.1 Å². The van der Waals surface area contributed by atoms with Gasteiger partial charge in [0.15, 0.2) is 6.10 Å². The Bertz CT molecular complexity index is 886. The SMILES string of the molecule is CNc1ccc([N+](=O)[O-])cc1C(=O)O[C@@H](C)C(=O)c1ccc(OC(F)F)cc1. The molecule has 0 aliphatic heterocycles. The quantitative estimate of drug-likeness (QED) is 0.315. The summed E-state index contributed by atoms with van der Waals surface area (Å²) in [7, 11) is 1.52. The number of Topliss-reactive ketones (excluding diaryl/α,β-unsaturated/α-hetero) is 1. The van der Waals surface area contributed by atoms with Crippen LogP contribution in [0.15, 0.2) is 42.5 Å². The fraction of sp³-hybridized carbons (Fsp3) is 0.222. The molecule has 0 aliphatic carbocycles. The van der Waals surface area contributed by atoms with Gasteiger partial charge in [0.1, 0.15) is 5.75 Å². The van der Waals surface area contributed by atoms with Crippen molar-refractivity contribution in [3.05, 3.63) is 63.7 Å². The zero-order chi connectivity index (χ0) is 20.8. The van der Waals surface area contributed by atoms with Gasteiger partial charge in [0, 0.05) is 30.4 Å². The van der Waals surface area contributed by atoms with E-state index in [4.69, 9.17) is 4.74 Å². The Morgan fingerprint density at radius 1 is 1.14 bits per heavy atom. The summed E-state index contributed by atoms with van der Waals surface area (Å²) in [5, 5.41) is 13.6. The van der Waals surface area contributed by atoms with Gasteiger partial charge in [-0.3, -0.25) is 14.9 Å². The molecule has 28 heavy (non-hydrogen) atoms. The maximum absolute atomic E-state index is 12.4. The molecule has 2 rings (SSSR count). The second kappa shape index (κ2) is 8.89. The van der Waals surface area contributed by atoms with Crippen LogP contribution in [0.1, 0.15) is 27.6 Å². The molecular formula is C18H16F2N2O6. The summed E-state index contributed by atoms with van der Waals surface area (Å²) in [4.78, 5) is 35.0. The number of esters is 1. The summed E-state index contributed by atoms with van der Waals surface area (Å²) in [6.45, 7) is -1.65. The number of rotatable bonds is 8. The maximum Gasteiger partial charge on any atom is 0.387 e. The summed E-state index contributed by atoms with van der Waals surface area (Å²) in [5.74, 6) is -1.62. The summed E-state index contributed by atoms with van der Waals surface area (Å²) >= 11 is 0. The summed E-state index contributed by atoms with van der Waals surface area (Å²) in [5.41, 5.74) is 0.00938. The van der Waals surface area contributed by atoms with Crippen LogP contribution < -0.4 is 10.1 Å².